The minimum atomic E-state index is -0.888. The van der Waals surface area contributed by atoms with E-state index in [-0.39, 0.29) is 0 Å². The van der Waals surface area contributed by atoms with Crippen molar-refractivity contribution in [3.8, 4) is 5.69 Å². The van der Waals surface area contributed by atoms with Crippen LogP contribution in [0.2, 0.25) is 0 Å². The Kier molecular flexibility index (Phi) is 3.56. The number of nitrogens with zero attached hydrogens (tertiary/aromatic N) is 1. The second-order valence-electron chi connectivity index (χ2n) is 4.68. The van der Waals surface area contributed by atoms with Crippen LogP contribution >= 0.6 is 0 Å². The largest absolute Gasteiger partial charge is 0.478 e. The van der Waals surface area contributed by atoms with Gasteiger partial charge in [0, 0.05) is 22.6 Å². The first kappa shape index (κ1) is 13.1. The number of hydrogen-bond acceptors (Lipinski definition) is 1. The third-order valence-corrected chi connectivity index (χ3v) is 3.14. The fourth-order valence-electron chi connectivity index (χ4n) is 2.11. The Morgan fingerprint density at radius 3 is 2.05 bits per heavy atom. The lowest BCUT2D eigenvalue weighted by molar-refractivity contribution is -0.132. The Morgan fingerprint density at radius 1 is 1.05 bits per heavy atom. The molecule has 98 valence electrons. The van der Waals surface area contributed by atoms with E-state index in [9.17, 15) is 4.79 Å². The molecule has 0 amide bonds. The number of carboxylic acid groups (broad SMARTS) is 1. The average molecular weight is 255 g/mol. The summed E-state index contributed by atoms with van der Waals surface area (Å²) in [5, 5.41) is 8.85. The van der Waals surface area contributed by atoms with Gasteiger partial charge in [-0.2, -0.15) is 0 Å². The Bertz CT molecular complexity index is 614. The van der Waals surface area contributed by atoms with Crippen molar-refractivity contribution in [1.82, 2.24) is 4.57 Å². The zero-order valence-electron chi connectivity index (χ0n) is 11.3. The first-order chi connectivity index (χ1) is 8.99. The second-order valence-corrected chi connectivity index (χ2v) is 4.68. The lowest BCUT2D eigenvalue weighted by Crippen LogP contribution is -1.98. The van der Waals surface area contributed by atoms with Crippen molar-refractivity contribution in [1.29, 1.82) is 0 Å². The Morgan fingerprint density at radius 2 is 1.58 bits per heavy atom. The molecule has 0 aliphatic heterocycles. The molecule has 0 fully saturated rings. The fraction of sp³-hybridized carbons (Fsp3) is 0.188. The van der Waals surface area contributed by atoms with Crippen molar-refractivity contribution in [2.75, 3.05) is 0 Å². The topological polar surface area (TPSA) is 42.2 Å². The molecule has 1 N–H and O–H groups in total. The number of carboxylic acids is 1. The molecule has 19 heavy (non-hydrogen) atoms. The third-order valence-electron chi connectivity index (χ3n) is 3.14. The summed E-state index contributed by atoms with van der Waals surface area (Å²) in [6.45, 7) is 5.72. The molecular formula is C16H17NO2. The van der Waals surface area contributed by atoms with Crippen LogP contribution in [0.25, 0.3) is 11.8 Å². The van der Waals surface area contributed by atoms with E-state index in [1.54, 1.807) is 13.0 Å². The van der Waals surface area contributed by atoms with Gasteiger partial charge in [-0.05, 0) is 56.7 Å². The van der Waals surface area contributed by atoms with E-state index in [2.05, 4.69) is 30.5 Å². The molecule has 0 bridgehead atoms. The van der Waals surface area contributed by atoms with E-state index < -0.39 is 5.97 Å². The molecule has 3 heteroatoms. The van der Waals surface area contributed by atoms with Crippen LogP contribution in [0.1, 0.15) is 23.9 Å². The molecule has 0 aliphatic carbocycles. The van der Waals surface area contributed by atoms with Gasteiger partial charge in [-0.3, -0.25) is 0 Å². The number of rotatable bonds is 3. The maximum Gasteiger partial charge on any atom is 0.331 e. The van der Waals surface area contributed by atoms with Crippen molar-refractivity contribution >= 4 is 12.0 Å². The highest BCUT2D eigenvalue weighted by Gasteiger charge is 2.04. The smallest absolute Gasteiger partial charge is 0.331 e. The molecule has 0 spiro atoms. The number of hydrogen-bond donors (Lipinski definition) is 1. The van der Waals surface area contributed by atoms with Gasteiger partial charge < -0.3 is 9.67 Å². The summed E-state index contributed by atoms with van der Waals surface area (Å²) in [6, 6.07) is 12.0. The number of benzene rings is 1. The molecule has 3 nitrogen and oxygen atoms in total. The van der Waals surface area contributed by atoms with E-state index in [0.717, 1.165) is 11.3 Å². The predicted molar refractivity (Wildman–Crippen MR) is 76.5 cm³/mol. The standard InChI is InChI=1S/C16H17NO2/c1-11(16(18)19)10-14-6-8-15(9-7-14)17-12(2)4-5-13(17)3/h4-10H,1-3H3,(H,18,19)/b11-10+. The van der Waals surface area contributed by atoms with Gasteiger partial charge in [0.2, 0.25) is 0 Å². The summed E-state index contributed by atoms with van der Waals surface area (Å²) in [5.41, 5.74) is 4.68. The average Bonchev–Trinajstić information content (AvgIpc) is 2.70. The van der Waals surface area contributed by atoms with Crippen LogP contribution in [0.5, 0.6) is 0 Å². The summed E-state index contributed by atoms with van der Waals surface area (Å²) < 4.78 is 2.16. The van der Waals surface area contributed by atoms with Gasteiger partial charge in [-0.15, -0.1) is 0 Å². The van der Waals surface area contributed by atoms with Crippen LogP contribution < -0.4 is 0 Å². The molecule has 2 aromatic rings. The van der Waals surface area contributed by atoms with Crippen molar-refractivity contribution in [2.24, 2.45) is 0 Å². The summed E-state index contributed by atoms with van der Waals surface area (Å²) in [6.07, 6.45) is 1.67. The highest BCUT2D eigenvalue weighted by Crippen LogP contribution is 2.17. The molecule has 0 radical (unpaired) electrons. The van der Waals surface area contributed by atoms with Crippen LogP contribution in [-0.2, 0) is 4.79 Å². The monoisotopic (exact) mass is 255 g/mol. The van der Waals surface area contributed by atoms with Crippen molar-refractivity contribution in [3.05, 3.63) is 58.9 Å². The highest BCUT2D eigenvalue weighted by molar-refractivity contribution is 5.91. The number of aryl methyl sites for hydroxylation is 2. The van der Waals surface area contributed by atoms with E-state index in [1.807, 2.05) is 24.3 Å². The maximum atomic E-state index is 10.8. The zero-order valence-corrected chi connectivity index (χ0v) is 11.3. The molecule has 0 atom stereocenters. The van der Waals surface area contributed by atoms with Crippen molar-refractivity contribution in [2.45, 2.75) is 20.8 Å². The molecule has 0 saturated carbocycles. The Balaban J connectivity index is 2.34. The van der Waals surface area contributed by atoms with Crippen LogP contribution in [0, 0.1) is 13.8 Å². The van der Waals surface area contributed by atoms with Gasteiger partial charge in [0.15, 0.2) is 0 Å². The molecule has 0 aliphatic rings. The van der Waals surface area contributed by atoms with Crippen LogP contribution in [0.4, 0.5) is 0 Å². The SMILES string of the molecule is C/C(=C\c1ccc(-n2c(C)ccc2C)cc1)C(=O)O. The van der Waals surface area contributed by atoms with Crippen molar-refractivity contribution < 1.29 is 9.90 Å². The maximum absolute atomic E-state index is 10.8. The third kappa shape index (κ3) is 2.76. The summed E-state index contributed by atoms with van der Waals surface area (Å²) >= 11 is 0. The molecule has 1 aromatic heterocycles. The quantitative estimate of drug-likeness (QED) is 0.852. The minimum Gasteiger partial charge on any atom is -0.478 e. The van der Waals surface area contributed by atoms with Gasteiger partial charge in [-0.25, -0.2) is 4.79 Å². The fourth-order valence-corrected chi connectivity index (χ4v) is 2.11. The summed E-state index contributed by atoms with van der Waals surface area (Å²) in [7, 11) is 0. The van der Waals surface area contributed by atoms with Crippen molar-refractivity contribution in [3.63, 3.8) is 0 Å². The van der Waals surface area contributed by atoms with Crippen LogP contribution in [0.15, 0.2) is 42.0 Å². The highest BCUT2D eigenvalue weighted by atomic mass is 16.4. The summed E-state index contributed by atoms with van der Waals surface area (Å²) in [5.74, 6) is -0.888. The van der Waals surface area contributed by atoms with E-state index in [1.165, 1.54) is 11.4 Å². The Labute approximate surface area is 112 Å². The molecule has 1 heterocycles. The predicted octanol–water partition coefficient (Wildman–Crippen LogP) is 3.58. The van der Waals surface area contributed by atoms with E-state index >= 15 is 0 Å². The lowest BCUT2D eigenvalue weighted by Gasteiger charge is -2.09. The summed E-state index contributed by atoms with van der Waals surface area (Å²) in [4.78, 5) is 10.8. The molecule has 2 rings (SSSR count). The number of aliphatic carboxylic acids is 1. The molecule has 0 unspecified atom stereocenters. The van der Waals surface area contributed by atoms with Gasteiger partial charge in [-0.1, -0.05) is 12.1 Å². The van der Waals surface area contributed by atoms with Gasteiger partial charge in [0.25, 0.3) is 0 Å². The van der Waals surface area contributed by atoms with Gasteiger partial charge in [0.1, 0.15) is 0 Å². The second kappa shape index (κ2) is 5.14. The molecular weight excluding hydrogens is 238 g/mol. The molecule has 0 saturated heterocycles. The first-order valence-electron chi connectivity index (χ1n) is 6.16. The van der Waals surface area contributed by atoms with E-state index in [4.69, 9.17) is 5.11 Å². The van der Waals surface area contributed by atoms with Crippen LogP contribution in [0.3, 0.4) is 0 Å². The molecule has 1 aromatic carbocycles. The van der Waals surface area contributed by atoms with E-state index in [0.29, 0.717) is 5.57 Å². The number of carbonyl (C=O) groups is 1. The van der Waals surface area contributed by atoms with Crippen LogP contribution in [-0.4, -0.2) is 15.6 Å². The van der Waals surface area contributed by atoms with Gasteiger partial charge in [0.05, 0.1) is 0 Å². The van der Waals surface area contributed by atoms with Gasteiger partial charge >= 0.3 is 5.97 Å². The Hall–Kier alpha value is -2.29. The number of aromatic nitrogens is 1. The normalized spacial score (nSPS) is 11.6. The lowest BCUT2D eigenvalue weighted by atomic mass is 10.1. The minimum absolute atomic E-state index is 0.334. The zero-order chi connectivity index (χ0) is 14.0. The first-order valence-corrected chi connectivity index (χ1v) is 6.16.